The first kappa shape index (κ1) is 12.4. The van der Waals surface area contributed by atoms with E-state index in [4.69, 9.17) is 5.11 Å². The van der Waals surface area contributed by atoms with Crippen molar-refractivity contribution >= 4 is 22.4 Å². The minimum Gasteiger partial charge on any atom is -0.481 e. The van der Waals surface area contributed by atoms with Crippen LogP contribution < -0.4 is 5.32 Å². The van der Waals surface area contributed by atoms with Crippen LogP contribution in [0.2, 0.25) is 0 Å². The van der Waals surface area contributed by atoms with Crippen molar-refractivity contribution in [3.05, 3.63) is 11.1 Å². The maximum absolute atomic E-state index is 10.5. The van der Waals surface area contributed by atoms with Gasteiger partial charge in [0, 0.05) is 17.8 Å². The van der Waals surface area contributed by atoms with Crippen molar-refractivity contribution in [3.8, 4) is 0 Å². The van der Waals surface area contributed by atoms with Crippen molar-refractivity contribution in [2.45, 2.75) is 45.1 Å². The Morgan fingerprint density at radius 3 is 3.12 bits per heavy atom. The van der Waals surface area contributed by atoms with Crippen LogP contribution in [0.15, 0.2) is 5.38 Å². The zero-order valence-corrected chi connectivity index (χ0v) is 10.8. The van der Waals surface area contributed by atoms with E-state index in [0.29, 0.717) is 12.5 Å². The Labute approximate surface area is 105 Å². The van der Waals surface area contributed by atoms with Crippen molar-refractivity contribution in [3.63, 3.8) is 0 Å². The smallest absolute Gasteiger partial charge is 0.303 e. The highest BCUT2D eigenvalue weighted by Gasteiger charge is 2.21. The van der Waals surface area contributed by atoms with Crippen LogP contribution in [-0.4, -0.2) is 22.1 Å². The van der Waals surface area contributed by atoms with E-state index in [1.807, 2.05) is 5.38 Å². The lowest BCUT2D eigenvalue weighted by atomic mass is 10.1. The van der Waals surface area contributed by atoms with Gasteiger partial charge in [-0.05, 0) is 25.2 Å². The molecule has 1 aliphatic carbocycles. The summed E-state index contributed by atoms with van der Waals surface area (Å²) in [6.07, 6.45) is 4.39. The number of anilines is 1. The Kier molecular flexibility index (Phi) is 3.99. The molecule has 1 fully saturated rings. The second-order valence-corrected chi connectivity index (χ2v) is 5.66. The van der Waals surface area contributed by atoms with E-state index < -0.39 is 5.97 Å². The number of aryl methyl sites for hydroxylation is 1. The number of hydrogen-bond donors (Lipinski definition) is 2. The zero-order chi connectivity index (χ0) is 12.3. The summed E-state index contributed by atoms with van der Waals surface area (Å²) in [5.74, 6) is 0.0380. The topological polar surface area (TPSA) is 62.2 Å². The number of thiazole rings is 1. The average molecular weight is 254 g/mol. The Morgan fingerprint density at radius 1 is 1.65 bits per heavy atom. The first-order valence-corrected chi connectivity index (χ1v) is 6.94. The van der Waals surface area contributed by atoms with Gasteiger partial charge in [0.2, 0.25) is 0 Å². The van der Waals surface area contributed by atoms with Gasteiger partial charge in [0.15, 0.2) is 5.13 Å². The Hall–Kier alpha value is -1.10. The monoisotopic (exact) mass is 254 g/mol. The number of aliphatic carboxylic acids is 1. The fourth-order valence-electron chi connectivity index (χ4n) is 2.24. The Bertz CT molecular complexity index is 392. The minimum atomic E-state index is -0.767. The van der Waals surface area contributed by atoms with Gasteiger partial charge in [-0.1, -0.05) is 6.92 Å². The average Bonchev–Trinajstić information content (AvgIpc) is 2.86. The number of carbonyl (C=O) groups is 1. The van der Waals surface area contributed by atoms with Gasteiger partial charge in [0.05, 0.1) is 12.1 Å². The lowest BCUT2D eigenvalue weighted by Gasteiger charge is -2.10. The highest BCUT2D eigenvalue weighted by Crippen LogP contribution is 2.28. The third-order valence-electron chi connectivity index (χ3n) is 3.17. The predicted octanol–water partition coefficient (Wildman–Crippen LogP) is 2.76. The quantitative estimate of drug-likeness (QED) is 0.848. The number of nitrogens with one attached hydrogen (secondary N) is 1. The molecule has 1 aromatic heterocycles. The van der Waals surface area contributed by atoms with Crippen LogP contribution in [0.25, 0.3) is 0 Å². The molecule has 1 aromatic rings. The molecular weight excluding hydrogens is 236 g/mol. The van der Waals surface area contributed by atoms with Gasteiger partial charge in [0.1, 0.15) is 0 Å². The van der Waals surface area contributed by atoms with Crippen LogP contribution in [0.5, 0.6) is 0 Å². The lowest BCUT2D eigenvalue weighted by Crippen LogP contribution is -2.15. The molecule has 1 aliphatic rings. The molecule has 2 unspecified atom stereocenters. The molecule has 5 heteroatoms. The Balaban J connectivity index is 1.83. The van der Waals surface area contributed by atoms with Crippen molar-refractivity contribution in [2.75, 3.05) is 5.32 Å². The molecule has 1 saturated carbocycles. The van der Waals surface area contributed by atoms with Crippen molar-refractivity contribution < 1.29 is 9.90 Å². The van der Waals surface area contributed by atoms with E-state index >= 15 is 0 Å². The number of carboxylic acid groups (broad SMARTS) is 1. The van der Waals surface area contributed by atoms with Crippen molar-refractivity contribution in [1.82, 2.24) is 4.98 Å². The van der Waals surface area contributed by atoms with Crippen LogP contribution in [-0.2, 0) is 11.2 Å². The molecule has 0 spiro atoms. The highest BCUT2D eigenvalue weighted by molar-refractivity contribution is 7.13. The molecule has 0 saturated heterocycles. The number of nitrogens with zero attached hydrogens (tertiary/aromatic N) is 1. The number of hydrogen-bond acceptors (Lipinski definition) is 4. The van der Waals surface area contributed by atoms with E-state index in [2.05, 4.69) is 17.2 Å². The summed E-state index contributed by atoms with van der Waals surface area (Å²) in [6, 6.07) is 0.545. The molecule has 2 atom stereocenters. The summed E-state index contributed by atoms with van der Waals surface area (Å²) < 4.78 is 0. The zero-order valence-electron chi connectivity index (χ0n) is 9.98. The standard InChI is InChI=1S/C12H18N2O2S/c1-8-2-3-9(6-8)13-12-14-10(7-17-12)4-5-11(15)16/h7-9H,2-6H2,1H3,(H,13,14)(H,15,16). The van der Waals surface area contributed by atoms with Gasteiger partial charge in [-0.2, -0.15) is 0 Å². The molecule has 94 valence electrons. The molecule has 0 radical (unpaired) electrons. The molecular formula is C12H18N2O2S. The molecule has 2 N–H and O–H groups in total. The van der Waals surface area contributed by atoms with E-state index in [-0.39, 0.29) is 6.42 Å². The second kappa shape index (κ2) is 5.49. The molecule has 4 nitrogen and oxygen atoms in total. The summed E-state index contributed by atoms with van der Waals surface area (Å²) >= 11 is 1.57. The summed E-state index contributed by atoms with van der Waals surface area (Å²) in [4.78, 5) is 14.9. The van der Waals surface area contributed by atoms with Crippen LogP contribution in [0.4, 0.5) is 5.13 Å². The predicted molar refractivity (Wildman–Crippen MR) is 68.5 cm³/mol. The van der Waals surface area contributed by atoms with Gasteiger partial charge < -0.3 is 10.4 Å². The fourth-order valence-corrected chi connectivity index (χ4v) is 3.06. The summed E-state index contributed by atoms with van der Waals surface area (Å²) in [6.45, 7) is 2.28. The van der Waals surface area contributed by atoms with E-state index in [9.17, 15) is 4.79 Å². The number of rotatable bonds is 5. The molecule has 0 aliphatic heterocycles. The van der Waals surface area contributed by atoms with E-state index in [1.54, 1.807) is 11.3 Å². The van der Waals surface area contributed by atoms with Gasteiger partial charge in [-0.25, -0.2) is 4.98 Å². The second-order valence-electron chi connectivity index (χ2n) is 4.80. The minimum absolute atomic E-state index is 0.156. The number of carboxylic acids is 1. The third-order valence-corrected chi connectivity index (χ3v) is 3.99. The van der Waals surface area contributed by atoms with E-state index in [1.165, 1.54) is 19.3 Å². The molecule has 1 heterocycles. The van der Waals surface area contributed by atoms with Crippen molar-refractivity contribution in [1.29, 1.82) is 0 Å². The molecule has 2 rings (SSSR count). The SMILES string of the molecule is CC1CCC(Nc2nc(CCC(=O)O)cs2)C1. The molecule has 0 bridgehead atoms. The number of aromatic nitrogens is 1. The van der Waals surface area contributed by atoms with Crippen LogP contribution >= 0.6 is 11.3 Å². The van der Waals surface area contributed by atoms with Gasteiger partial charge in [-0.3, -0.25) is 4.79 Å². The first-order valence-electron chi connectivity index (χ1n) is 6.06. The van der Waals surface area contributed by atoms with Gasteiger partial charge in [0.25, 0.3) is 0 Å². The van der Waals surface area contributed by atoms with E-state index in [0.717, 1.165) is 16.7 Å². The normalized spacial score (nSPS) is 23.8. The molecule has 17 heavy (non-hydrogen) atoms. The maximum atomic E-state index is 10.5. The lowest BCUT2D eigenvalue weighted by molar-refractivity contribution is -0.136. The largest absolute Gasteiger partial charge is 0.481 e. The summed E-state index contributed by atoms with van der Waals surface area (Å²) in [7, 11) is 0. The summed E-state index contributed by atoms with van der Waals surface area (Å²) in [5.41, 5.74) is 0.881. The maximum Gasteiger partial charge on any atom is 0.303 e. The third kappa shape index (κ3) is 3.70. The van der Waals surface area contributed by atoms with Crippen LogP contribution in [0.1, 0.15) is 38.3 Å². The highest BCUT2D eigenvalue weighted by atomic mass is 32.1. The first-order chi connectivity index (χ1) is 8.13. The van der Waals surface area contributed by atoms with Crippen LogP contribution in [0, 0.1) is 5.92 Å². The summed E-state index contributed by atoms with van der Waals surface area (Å²) in [5, 5.41) is 14.9. The van der Waals surface area contributed by atoms with Gasteiger partial charge in [-0.15, -0.1) is 11.3 Å². The van der Waals surface area contributed by atoms with Crippen LogP contribution in [0.3, 0.4) is 0 Å². The fraction of sp³-hybridized carbons (Fsp3) is 0.667. The molecule has 0 aromatic carbocycles. The Morgan fingerprint density at radius 2 is 2.47 bits per heavy atom. The van der Waals surface area contributed by atoms with Gasteiger partial charge >= 0.3 is 5.97 Å². The van der Waals surface area contributed by atoms with Crippen molar-refractivity contribution in [2.24, 2.45) is 5.92 Å². The molecule has 0 amide bonds.